The van der Waals surface area contributed by atoms with Gasteiger partial charge in [-0.25, -0.2) is 18.6 Å². The highest BCUT2D eigenvalue weighted by Gasteiger charge is 2.44. The van der Waals surface area contributed by atoms with Crippen LogP contribution in [0.15, 0.2) is 84.6 Å². The highest BCUT2D eigenvalue weighted by Crippen LogP contribution is 2.47. The van der Waals surface area contributed by atoms with Gasteiger partial charge in [0.05, 0.1) is 5.41 Å². The second-order valence-electron chi connectivity index (χ2n) is 17.0. The van der Waals surface area contributed by atoms with E-state index in [9.17, 15) is 0 Å². The fourth-order valence-electron chi connectivity index (χ4n) is 8.64. The number of para-hydroxylation sites is 2. The summed E-state index contributed by atoms with van der Waals surface area (Å²) in [7, 11) is -4.94. The molecule has 0 amide bonds. The summed E-state index contributed by atoms with van der Waals surface area (Å²) >= 11 is 0. The minimum atomic E-state index is -4.94. The van der Waals surface area contributed by atoms with Crippen molar-refractivity contribution in [1.82, 2.24) is 0 Å². The minimum absolute atomic E-state index is 0.00116. The molecule has 2 aliphatic rings. The second-order valence-corrected chi connectivity index (χ2v) is 17.8. The van der Waals surface area contributed by atoms with Crippen LogP contribution in [-0.4, -0.2) is 23.4 Å². The van der Waals surface area contributed by atoms with Gasteiger partial charge in [0.2, 0.25) is 5.69 Å². The lowest BCUT2D eigenvalue weighted by Crippen LogP contribution is -2.68. The molecular weight excluding hydrogens is 716 g/mol. The van der Waals surface area contributed by atoms with E-state index >= 15 is 0 Å². The van der Waals surface area contributed by atoms with Crippen molar-refractivity contribution in [3.05, 3.63) is 95.7 Å². The van der Waals surface area contributed by atoms with Gasteiger partial charge in [-0.1, -0.05) is 191 Å². The molecular formula is C49H75ClN2O4. The second kappa shape index (κ2) is 24.9. The van der Waals surface area contributed by atoms with Crippen molar-refractivity contribution in [1.29, 1.82) is 0 Å². The van der Waals surface area contributed by atoms with Crippen molar-refractivity contribution in [2.45, 2.75) is 181 Å². The summed E-state index contributed by atoms with van der Waals surface area (Å²) in [6.07, 6.45) is 39.1. The van der Waals surface area contributed by atoms with E-state index < -0.39 is 10.2 Å². The van der Waals surface area contributed by atoms with Gasteiger partial charge in [0.1, 0.15) is 6.54 Å². The molecule has 0 saturated carbocycles. The van der Waals surface area contributed by atoms with Crippen molar-refractivity contribution in [3.8, 4) is 0 Å². The molecule has 0 aliphatic carbocycles. The molecule has 0 unspecified atom stereocenters. The van der Waals surface area contributed by atoms with Crippen LogP contribution in [0.5, 0.6) is 0 Å². The molecule has 2 heterocycles. The highest BCUT2D eigenvalue weighted by atomic mass is 35.7. The SMILES string of the molecule is CCCCCCCCCCCCN1\C(=C/C=C/C=C/C2=[N+](CCCCCCCCCCCC)c3ccccc3C2(C)C)C(C)(C)c2ccccc21.[O-][Cl+3]([O-])([O-])[O-]. The Hall–Kier alpha value is -2.74. The van der Waals surface area contributed by atoms with Gasteiger partial charge in [-0.15, -0.1) is 10.2 Å². The van der Waals surface area contributed by atoms with Gasteiger partial charge >= 0.3 is 0 Å². The highest BCUT2D eigenvalue weighted by molar-refractivity contribution is 6.03. The van der Waals surface area contributed by atoms with Crippen molar-refractivity contribution in [3.63, 3.8) is 0 Å². The third-order valence-corrected chi connectivity index (χ3v) is 11.8. The van der Waals surface area contributed by atoms with Crippen LogP contribution in [-0.2, 0) is 10.8 Å². The number of anilines is 1. The summed E-state index contributed by atoms with van der Waals surface area (Å²) in [6, 6.07) is 18.2. The zero-order valence-corrected chi connectivity index (χ0v) is 36.7. The molecule has 2 aliphatic heterocycles. The molecule has 0 radical (unpaired) electrons. The number of halogens is 1. The Morgan fingerprint density at radius 2 is 1.02 bits per heavy atom. The van der Waals surface area contributed by atoms with E-state index in [1.165, 1.54) is 162 Å². The fraction of sp³-hybridized carbons (Fsp3) is 0.612. The number of fused-ring (bicyclic) bond motifs is 2. The van der Waals surface area contributed by atoms with E-state index in [2.05, 4.69) is 130 Å². The zero-order valence-electron chi connectivity index (χ0n) is 36.0. The summed E-state index contributed by atoms with van der Waals surface area (Å²) in [5.41, 5.74) is 8.56. The van der Waals surface area contributed by atoms with Gasteiger partial charge in [0.25, 0.3) is 0 Å². The Labute approximate surface area is 343 Å². The van der Waals surface area contributed by atoms with Crippen molar-refractivity contribution >= 4 is 17.1 Å². The van der Waals surface area contributed by atoms with Gasteiger partial charge < -0.3 is 4.90 Å². The quantitative estimate of drug-likeness (QED) is 0.0567. The average Bonchev–Trinajstić information content (AvgIpc) is 3.50. The number of unbranched alkanes of at least 4 members (excludes halogenated alkanes) is 18. The molecule has 0 spiro atoms. The lowest BCUT2D eigenvalue weighted by atomic mass is 9.81. The maximum atomic E-state index is 8.49. The van der Waals surface area contributed by atoms with E-state index in [0.717, 1.165) is 13.1 Å². The number of allylic oxidation sites excluding steroid dienone is 6. The van der Waals surface area contributed by atoms with Gasteiger partial charge in [0, 0.05) is 47.5 Å². The Morgan fingerprint density at radius 1 is 0.554 bits per heavy atom. The predicted octanol–water partition coefficient (Wildman–Crippen LogP) is 9.94. The van der Waals surface area contributed by atoms with Gasteiger partial charge in [-0.2, -0.15) is 4.58 Å². The van der Waals surface area contributed by atoms with Crippen LogP contribution in [0.2, 0.25) is 0 Å². The monoisotopic (exact) mass is 791 g/mol. The first-order valence-corrected chi connectivity index (χ1v) is 23.4. The van der Waals surface area contributed by atoms with E-state index in [1.807, 2.05) is 0 Å². The Balaban J connectivity index is 0.00000158. The molecule has 0 saturated heterocycles. The average molecular weight is 792 g/mol. The number of hydrogen-bond donors (Lipinski definition) is 0. The number of rotatable bonds is 25. The van der Waals surface area contributed by atoms with E-state index in [-0.39, 0.29) is 10.8 Å². The molecule has 0 atom stereocenters. The Bertz CT molecular complexity index is 1550. The van der Waals surface area contributed by atoms with Crippen molar-refractivity contribution < 1.29 is 33.5 Å². The largest absolute Gasteiger partial charge is 0.344 e. The third kappa shape index (κ3) is 15.5. The molecule has 4 rings (SSSR count). The van der Waals surface area contributed by atoms with Crippen LogP contribution in [0.25, 0.3) is 0 Å². The van der Waals surface area contributed by atoms with Crippen LogP contribution in [0.1, 0.15) is 181 Å². The van der Waals surface area contributed by atoms with Crippen LogP contribution in [0.4, 0.5) is 11.4 Å². The maximum absolute atomic E-state index is 8.49. The zero-order chi connectivity index (χ0) is 40.9. The summed E-state index contributed by atoms with van der Waals surface area (Å²) in [5.74, 6) is 0. The molecule has 0 N–H and O–H groups in total. The summed E-state index contributed by atoms with van der Waals surface area (Å²) in [6.45, 7) is 16.4. The lowest BCUT2D eigenvalue weighted by molar-refractivity contribution is -2.00. The molecule has 0 bridgehead atoms. The van der Waals surface area contributed by atoms with E-state index in [4.69, 9.17) is 18.6 Å². The number of benzene rings is 2. The normalized spacial score (nSPS) is 16.6. The summed E-state index contributed by atoms with van der Waals surface area (Å²) in [4.78, 5) is 2.62. The first kappa shape index (κ1) is 47.6. The van der Waals surface area contributed by atoms with Gasteiger partial charge in [0.15, 0.2) is 5.71 Å². The van der Waals surface area contributed by atoms with Gasteiger partial charge in [-0.3, -0.25) is 0 Å². The molecule has 6 nitrogen and oxygen atoms in total. The molecule has 56 heavy (non-hydrogen) atoms. The Kier molecular flexibility index (Phi) is 21.2. The molecule has 0 fully saturated rings. The molecule has 7 heteroatoms. The first-order chi connectivity index (χ1) is 26.8. The first-order valence-electron chi connectivity index (χ1n) is 22.1. The van der Waals surface area contributed by atoms with Gasteiger partial charge in [-0.05, 0) is 44.4 Å². The lowest BCUT2D eigenvalue weighted by Gasteiger charge is -2.27. The molecule has 0 aromatic heterocycles. The fourth-order valence-corrected chi connectivity index (χ4v) is 8.64. The third-order valence-electron chi connectivity index (χ3n) is 11.8. The minimum Gasteiger partial charge on any atom is -0.344 e. The molecule has 2 aromatic carbocycles. The summed E-state index contributed by atoms with van der Waals surface area (Å²) < 4.78 is 36.6. The van der Waals surface area contributed by atoms with Crippen LogP contribution < -0.4 is 23.5 Å². The predicted molar refractivity (Wildman–Crippen MR) is 226 cm³/mol. The maximum Gasteiger partial charge on any atom is 0.209 e. The number of nitrogens with zero attached hydrogens (tertiary/aromatic N) is 2. The standard InChI is InChI=1S/C49H75N2.ClHO4/c1-7-9-11-13-15-17-19-21-23-32-40-50-44-36-30-28-34-42(44)48(3,4)46(50)38-26-25-27-39-47-49(5,6)43-35-29-31-37-45(43)51(47)41-33-24-22-20-18-16-14-12-10-8-2;2-1(3,4)5/h25-31,34-39H,7-24,32-33,40-41H2,1-6H3;(H,2,3,4,5)/q+1;/p-1. The van der Waals surface area contributed by atoms with Crippen molar-refractivity contribution in [2.75, 3.05) is 18.0 Å². The Morgan fingerprint density at radius 3 is 1.57 bits per heavy atom. The molecule has 312 valence electrons. The number of hydrogen-bond acceptors (Lipinski definition) is 5. The van der Waals surface area contributed by atoms with E-state index in [0.29, 0.717) is 0 Å². The van der Waals surface area contributed by atoms with Crippen LogP contribution in [0, 0.1) is 10.2 Å². The molecule has 2 aromatic rings. The van der Waals surface area contributed by atoms with Crippen molar-refractivity contribution in [2.24, 2.45) is 0 Å². The van der Waals surface area contributed by atoms with Crippen LogP contribution >= 0.6 is 0 Å². The summed E-state index contributed by atoms with van der Waals surface area (Å²) in [5, 5.41) is 0. The van der Waals surface area contributed by atoms with E-state index in [1.54, 1.807) is 0 Å². The van der Waals surface area contributed by atoms with Crippen LogP contribution in [0.3, 0.4) is 0 Å². The topological polar surface area (TPSA) is 98.5 Å². The smallest absolute Gasteiger partial charge is 0.209 e.